The SMILES string of the molecule is C#Cc1cc(C(=O)Cc2ccc(CN3CCNCC3)c(C(F)(F)F)c2)ccc1C. The van der Waals surface area contributed by atoms with Crippen LogP contribution in [0.5, 0.6) is 0 Å². The van der Waals surface area contributed by atoms with Crippen LogP contribution >= 0.6 is 0 Å². The molecule has 0 aromatic heterocycles. The van der Waals surface area contributed by atoms with Gasteiger partial charge in [0.1, 0.15) is 0 Å². The summed E-state index contributed by atoms with van der Waals surface area (Å²) in [6, 6.07) is 9.23. The van der Waals surface area contributed by atoms with Gasteiger partial charge in [-0.2, -0.15) is 13.2 Å². The van der Waals surface area contributed by atoms with Crippen LogP contribution in [0.1, 0.15) is 38.2 Å². The highest BCUT2D eigenvalue weighted by molar-refractivity contribution is 5.98. The van der Waals surface area contributed by atoms with Crippen LogP contribution in [0.3, 0.4) is 0 Å². The fraction of sp³-hybridized carbons (Fsp3) is 0.348. The van der Waals surface area contributed by atoms with Crippen molar-refractivity contribution in [2.75, 3.05) is 26.2 Å². The molecule has 3 rings (SSSR count). The highest BCUT2D eigenvalue weighted by Crippen LogP contribution is 2.33. The van der Waals surface area contributed by atoms with Gasteiger partial charge in [0.25, 0.3) is 0 Å². The van der Waals surface area contributed by atoms with E-state index in [4.69, 9.17) is 6.42 Å². The third kappa shape index (κ3) is 5.26. The summed E-state index contributed by atoms with van der Waals surface area (Å²) >= 11 is 0. The number of benzene rings is 2. The number of piperazine rings is 1. The molecule has 0 unspecified atom stereocenters. The van der Waals surface area contributed by atoms with E-state index in [1.54, 1.807) is 24.3 Å². The summed E-state index contributed by atoms with van der Waals surface area (Å²) in [4.78, 5) is 14.6. The number of hydrogen-bond acceptors (Lipinski definition) is 3. The molecular formula is C23H23F3N2O. The van der Waals surface area contributed by atoms with Crippen LogP contribution in [0.2, 0.25) is 0 Å². The van der Waals surface area contributed by atoms with Crippen molar-refractivity contribution >= 4 is 5.78 Å². The molecule has 0 bridgehead atoms. The Morgan fingerprint density at radius 3 is 2.55 bits per heavy atom. The first-order valence-electron chi connectivity index (χ1n) is 9.50. The summed E-state index contributed by atoms with van der Waals surface area (Å²) in [6.45, 7) is 5.05. The van der Waals surface area contributed by atoms with Crippen LogP contribution in [0.25, 0.3) is 0 Å². The number of halogens is 3. The van der Waals surface area contributed by atoms with E-state index >= 15 is 0 Å². The monoisotopic (exact) mass is 400 g/mol. The fourth-order valence-corrected chi connectivity index (χ4v) is 3.48. The molecule has 2 aromatic carbocycles. The van der Waals surface area contributed by atoms with E-state index in [2.05, 4.69) is 11.2 Å². The van der Waals surface area contributed by atoms with Crippen molar-refractivity contribution in [1.82, 2.24) is 10.2 Å². The zero-order chi connectivity index (χ0) is 21.0. The quantitative estimate of drug-likeness (QED) is 0.612. The van der Waals surface area contributed by atoms with Gasteiger partial charge in [-0.3, -0.25) is 9.69 Å². The van der Waals surface area contributed by atoms with Crippen molar-refractivity contribution in [1.29, 1.82) is 0 Å². The molecule has 0 aliphatic carbocycles. The van der Waals surface area contributed by atoms with Gasteiger partial charge in [0.2, 0.25) is 0 Å². The van der Waals surface area contributed by atoms with E-state index in [-0.39, 0.29) is 24.3 Å². The highest BCUT2D eigenvalue weighted by atomic mass is 19.4. The standard InChI is InChI=1S/C23H23F3N2O/c1-3-18-14-19(6-4-16(18)2)22(29)13-17-5-7-20(21(12-17)23(24,25)26)15-28-10-8-27-9-11-28/h1,4-7,12,14,27H,8-11,13,15H2,2H3. The van der Waals surface area contributed by atoms with Gasteiger partial charge in [0.15, 0.2) is 5.78 Å². The number of Topliss-reactive ketones (excluding diaryl/α,β-unsaturated/α-hetero) is 1. The van der Waals surface area contributed by atoms with Crippen molar-refractivity contribution in [3.05, 3.63) is 69.8 Å². The third-order valence-electron chi connectivity index (χ3n) is 5.16. The van der Waals surface area contributed by atoms with Crippen molar-refractivity contribution in [3.8, 4) is 12.3 Å². The lowest BCUT2D eigenvalue weighted by Gasteiger charge is -2.28. The molecule has 1 fully saturated rings. The van der Waals surface area contributed by atoms with Crippen LogP contribution in [-0.2, 0) is 19.1 Å². The molecule has 2 aromatic rings. The van der Waals surface area contributed by atoms with Crippen LogP contribution in [0.15, 0.2) is 36.4 Å². The highest BCUT2D eigenvalue weighted by Gasteiger charge is 2.34. The van der Waals surface area contributed by atoms with Gasteiger partial charge in [0.05, 0.1) is 5.56 Å². The average Bonchev–Trinajstić information content (AvgIpc) is 2.69. The second-order valence-electron chi connectivity index (χ2n) is 7.29. The molecule has 3 nitrogen and oxygen atoms in total. The van der Waals surface area contributed by atoms with Gasteiger partial charge in [-0.25, -0.2) is 0 Å². The summed E-state index contributed by atoms with van der Waals surface area (Å²) in [6.07, 6.45) is 0.863. The third-order valence-corrected chi connectivity index (χ3v) is 5.16. The number of rotatable bonds is 5. The van der Waals surface area contributed by atoms with E-state index in [1.165, 1.54) is 6.07 Å². The molecule has 152 valence electrons. The maximum atomic E-state index is 13.6. The van der Waals surface area contributed by atoms with Crippen LogP contribution in [0, 0.1) is 19.3 Å². The Morgan fingerprint density at radius 1 is 1.17 bits per heavy atom. The topological polar surface area (TPSA) is 32.3 Å². The molecule has 0 radical (unpaired) electrons. The van der Waals surface area contributed by atoms with Crippen molar-refractivity contribution < 1.29 is 18.0 Å². The first-order chi connectivity index (χ1) is 13.8. The average molecular weight is 400 g/mol. The molecule has 1 heterocycles. The number of aryl methyl sites for hydroxylation is 1. The molecule has 1 saturated heterocycles. The second-order valence-corrected chi connectivity index (χ2v) is 7.29. The lowest BCUT2D eigenvalue weighted by atomic mass is 9.96. The fourth-order valence-electron chi connectivity index (χ4n) is 3.48. The van der Waals surface area contributed by atoms with Crippen LogP contribution in [-0.4, -0.2) is 36.9 Å². The van der Waals surface area contributed by atoms with E-state index in [0.717, 1.165) is 24.7 Å². The first-order valence-corrected chi connectivity index (χ1v) is 9.50. The largest absolute Gasteiger partial charge is 0.416 e. The molecular weight excluding hydrogens is 377 g/mol. The number of nitrogens with one attached hydrogen (secondary N) is 1. The molecule has 1 aliphatic heterocycles. The Balaban J connectivity index is 1.82. The molecule has 0 spiro atoms. The molecule has 29 heavy (non-hydrogen) atoms. The Hall–Kier alpha value is -2.62. The van der Waals surface area contributed by atoms with E-state index in [0.29, 0.717) is 29.8 Å². The van der Waals surface area contributed by atoms with Crippen molar-refractivity contribution in [3.63, 3.8) is 0 Å². The molecule has 1 aliphatic rings. The zero-order valence-corrected chi connectivity index (χ0v) is 16.3. The lowest BCUT2D eigenvalue weighted by molar-refractivity contribution is -0.138. The minimum atomic E-state index is -4.47. The van der Waals surface area contributed by atoms with Gasteiger partial charge in [-0.15, -0.1) is 6.42 Å². The summed E-state index contributed by atoms with van der Waals surface area (Å²) in [5.41, 5.74) is 1.80. The molecule has 0 atom stereocenters. The number of carbonyl (C=O) groups excluding carboxylic acids is 1. The second kappa shape index (κ2) is 8.81. The summed E-state index contributed by atoms with van der Waals surface area (Å²) in [5, 5.41) is 3.19. The predicted molar refractivity (Wildman–Crippen MR) is 107 cm³/mol. The Bertz CT molecular complexity index is 938. The van der Waals surface area contributed by atoms with E-state index in [1.807, 2.05) is 11.8 Å². The lowest BCUT2D eigenvalue weighted by Crippen LogP contribution is -2.43. The summed E-state index contributed by atoms with van der Waals surface area (Å²) in [5.74, 6) is 2.26. The Kier molecular flexibility index (Phi) is 6.41. The molecule has 0 saturated carbocycles. The normalized spacial score (nSPS) is 15.1. The summed E-state index contributed by atoms with van der Waals surface area (Å²) in [7, 11) is 0. The van der Waals surface area contributed by atoms with Gasteiger partial charge in [-0.1, -0.05) is 30.2 Å². The predicted octanol–water partition coefficient (Wildman–Crippen LogP) is 3.83. The number of nitrogens with zero attached hydrogens (tertiary/aromatic N) is 1. The summed E-state index contributed by atoms with van der Waals surface area (Å²) < 4.78 is 40.9. The number of alkyl halides is 3. The Labute approximate surface area is 168 Å². The van der Waals surface area contributed by atoms with Gasteiger partial charge in [-0.05, 0) is 35.7 Å². The number of hydrogen-bond donors (Lipinski definition) is 1. The maximum absolute atomic E-state index is 13.6. The molecule has 6 heteroatoms. The molecule has 1 N–H and O–H groups in total. The van der Waals surface area contributed by atoms with Crippen LogP contribution in [0.4, 0.5) is 13.2 Å². The number of ketones is 1. The number of carbonyl (C=O) groups is 1. The van der Waals surface area contributed by atoms with Gasteiger partial charge < -0.3 is 5.32 Å². The Morgan fingerprint density at radius 2 is 1.90 bits per heavy atom. The van der Waals surface area contributed by atoms with E-state index in [9.17, 15) is 18.0 Å². The van der Waals surface area contributed by atoms with Crippen molar-refractivity contribution in [2.24, 2.45) is 0 Å². The maximum Gasteiger partial charge on any atom is 0.416 e. The van der Waals surface area contributed by atoms with Gasteiger partial charge in [0, 0.05) is 50.3 Å². The van der Waals surface area contributed by atoms with E-state index < -0.39 is 11.7 Å². The number of terminal acetylenes is 1. The zero-order valence-electron chi connectivity index (χ0n) is 16.3. The minimum Gasteiger partial charge on any atom is -0.314 e. The molecule has 0 amide bonds. The smallest absolute Gasteiger partial charge is 0.314 e. The minimum absolute atomic E-state index is 0.107. The van der Waals surface area contributed by atoms with Crippen LogP contribution < -0.4 is 5.32 Å². The first kappa shape index (κ1) is 21.1. The van der Waals surface area contributed by atoms with Crippen molar-refractivity contribution in [2.45, 2.75) is 26.1 Å². The van der Waals surface area contributed by atoms with Gasteiger partial charge >= 0.3 is 6.18 Å².